The van der Waals surface area contributed by atoms with Gasteiger partial charge in [0, 0.05) is 16.3 Å². The molecule has 0 saturated heterocycles. The molecule has 26 heavy (non-hydrogen) atoms. The molecule has 2 aromatic carbocycles. The van der Waals surface area contributed by atoms with E-state index in [1.54, 1.807) is 0 Å². The van der Waals surface area contributed by atoms with E-state index in [1.807, 2.05) is 68.6 Å². The molecule has 2 rings (SSSR count). The number of aryl methyl sites for hydroxylation is 2. The predicted molar refractivity (Wildman–Crippen MR) is 104 cm³/mol. The Balaban J connectivity index is 1.77. The highest BCUT2D eigenvalue weighted by Crippen LogP contribution is 2.19. The van der Waals surface area contributed by atoms with Gasteiger partial charge in [-0.1, -0.05) is 41.9 Å². The first kappa shape index (κ1) is 19.9. The summed E-state index contributed by atoms with van der Waals surface area (Å²) in [6.45, 7) is 6.07. The molecule has 4 N–H and O–H groups in total. The number of amides is 2. The quantitative estimate of drug-likeness (QED) is 0.695. The van der Waals surface area contributed by atoms with Gasteiger partial charge in [-0.15, -0.1) is 0 Å². The highest BCUT2D eigenvalue weighted by molar-refractivity contribution is 6.30. The Bertz CT molecular complexity index is 772. The molecule has 5 nitrogen and oxygen atoms in total. The minimum atomic E-state index is -0.237. The zero-order valence-corrected chi connectivity index (χ0v) is 16.1. The number of hydrogen-bond acceptors (Lipinski definition) is 2. The molecule has 0 aliphatic heterocycles. The van der Waals surface area contributed by atoms with Gasteiger partial charge in [0.05, 0.1) is 6.54 Å². The zero-order valence-electron chi connectivity index (χ0n) is 15.3. The maximum absolute atomic E-state index is 12.1. The SMILES string of the molecule is Cc1cccc(C)c1NC(=O)CNC(=O)C[NH2+][C@@H](C)c1cccc(Cl)c1. The number of carbonyl (C=O) groups excluding carboxylic acids is 2. The molecule has 0 radical (unpaired) electrons. The average Bonchev–Trinajstić information content (AvgIpc) is 2.61. The first-order chi connectivity index (χ1) is 12.4. The molecule has 0 fully saturated rings. The highest BCUT2D eigenvalue weighted by atomic mass is 35.5. The first-order valence-electron chi connectivity index (χ1n) is 8.58. The van der Waals surface area contributed by atoms with E-state index < -0.39 is 0 Å². The van der Waals surface area contributed by atoms with E-state index >= 15 is 0 Å². The summed E-state index contributed by atoms with van der Waals surface area (Å²) in [5.74, 6) is -0.422. The van der Waals surface area contributed by atoms with Gasteiger partial charge in [-0.25, -0.2) is 0 Å². The number of benzene rings is 2. The fourth-order valence-electron chi connectivity index (χ4n) is 2.66. The summed E-state index contributed by atoms with van der Waals surface area (Å²) in [6, 6.07) is 13.5. The summed E-state index contributed by atoms with van der Waals surface area (Å²) in [5.41, 5.74) is 3.84. The van der Waals surface area contributed by atoms with Crippen molar-refractivity contribution in [1.82, 2.24) is 5.32 Å². The molecule has 0 heterocycles. The number of rotatable bonds is 7. The molecule has 0 spiro atoms. The molecule has 0 saturated carbocycles. The minimum Gasteiger partial charge on any atom is -0.342 e. The van der Waals surface area contributed by atoms with Crippen LogP contribution in [0.3, 0.4) is 0 Å². The van der Waals surface area contributed by atoms with E-state index in [1.165, 1.54) is 0 Å². The summed E-state index contributed by atoms with van der Waals surface area (Å²) in [7, 11) is 0. The Hall–Kier alpha value is -2.37. The van der Waals surface area contributed by atoms with Crippen LogP contribution in [0.4, 0.5) is 5.69 Å². The molecule has 6 heteroatoms. The van der Waals surface area contributed by atoms with Crippen LogP contribution in [0.15, 0.2) is 42.5 Å². The van der Waals surface area contributed by atoms with Crippen LogP contribution < -0.4 is 16.0 Å². The lowest BCUT2D eigenvalue weighted by Gasteiger charge is -2.13. The molecular weight excluding hydrogens is 350 g/mol. The molecule has 0 unspecified atom stereocenters. The van der Waals surface area contributed by atoms with Gasteiger partial charge >= 0.3 is 0 Å². The maximum Gasteiger partial charge on any atom is 0.275 e. The molecule has 2 amide bonds. The van der Waals surface area contributed by atoms with Crippen LogP contribution in [0.1, 0.15) is 29.7 Å². The molecule has 2 aromatic rings. The Morgan fingerprint density at radius 1 is 1.08 bits per heavy atom. The van der Waals surface area contributed by atoms with Crippen molar-refractivity contribution in [3.05, 3.63) is 64.2 Å². The number of para-hydroxylation sites is 1. The van der Waals surface area contributed by atoms with Crippen LogP contribution >= 0.6 is 11.6 Å². The summed E-state index contributed by atoms with van der Waals surface area (Å²) in [5, 5.41) is 8.09. The van der Waals surface area contributed by atoms with E-state index in [2.05, 4.69) is 10.6 Å². The molecule has 0 aromatic heterocycles. The van der Waals surface area contributed by atoms with Crippen molar-refractivity contribution in [2.45, 2.75) is 26.8 Å². The molecular formula is C20H25ClN3O2+. The molecule has 0 aliphatic carbocycles. The third-order valence-corrected chi connectivity index (χ3v) is 4.46. The van der Waals surface area contributed by atoms with Gasteiger partial charge in [-0.3, -0.25) is 9.59 Å². The van der Waals surface area contributed by atoms with Crippen molar-refractivity contribution in [2.75, 3.05) is 18.4 Å². The topological polar surface area (TPSA) is 74.8 Å². The van der Waals surface area contributed by atoms with Crippen LogP contribution in [-0.4, -0.2) is 24.9 Å². The summed E-state index contributed by atoms with van der Waals surface area (Å²) in [6.07, 6.45) is 0. The summed E-state index contributed by atoms with van der Waals surface area (Å²) in [4.78, 5) is 24.1. The van der Waals surface area contributed by atoms with Crippen LogP contribution in [0.5, 0.6) is 0 Å². The van der Waals surface area contributed by atoms with Gasteiger partial charge in [0.25, 0.3) is 5.91 Å². The lowest BCUT2D eigenvalue weighted by Crippen LogP contribution is -2.87. The van der Waals surface area contributed by atoms with Gasteiger partial charge in [0.1, 0.15) is 6.04 Å². The van der Waals surface area contributed by atoms with Crippen LogP contribution in [0, 0.1) is 13.8 Å². The van der Waals surface area contributed by atoms with Gasteiger partial charge in [-0.05, 0) is 44.0 Å². The van der Waals surface area contributed by atoms with Gasteiger partial charge in [-0.2, -0.15) is 0 Å². The normalized spacial score (nSPS) is 11.7. The smallest absolute Gasteiger partial charge is 0.275 e. The van der Waals surface area contributed by atoms with E-state index in [4.69, 9.17) is 11.6 Å². The highest BCUT2D eigenvalue weighted by Gasteiger charge is 2.13. The number of anilines is 1. The van der Waals surface area contributed by atoms with E-state index in [0.29, 0.717) is 5.02 Å². The number of halogens is 1. The molecule has 0 bridgehead atoms. The second-order valence-corrected chi connectivity index (χ2v) is 6.81. The average molecular weight is 375 g/mol. The van der Waals surface area contributed by atoms with Crippen molar-refractivity contribution in [3.8, 4) is 0 Å². The number of hydrogen-bond donors (Lipinski definition) is 3. The first-order valence-corrected chi connectivity index (χ1v) is 8.96. The Kier molecular flexibility index (Phi) is 7.18. The Morgan fingerprint density at radius 2 is 1.73 bits per heavy atom. The largest absolute Gasteiger partial charge is 0.342 e. The third-order valence-electron chi connectivity index (χ3n) is 4.22. The minimum absolute atomic E-state index is 0.0496. The lowest BCUT2D eigenvalue weighted by molar-refractivity contribution is -0.682. The Morgan fingerprint density at radius 3 is 2.38 bits per heavy atom. The Labute approximate surface area is 159 Å². The molecule has 0 aliphatic rings. The van der Waals surface area contributed by atoms with Crippen LogP contribution in [0.2, 0.25) is 5.02 Å². The van der Waals surface area contributed by atoms with Gasteiger partial charge in [0.15, 0.2) is 6.54 Å². The molecule has 138 valence electrons. The van der Waals surface area contributed by atoms with Crippen LogP contribution in [0.25, 0.3) is 0 Å². The van der Waals surface area contributed by atoms with Crippen molar-refractivity contribution >= 4 is 29.1 Å². The zero-order chi connectivity index (χ0) is 19.1. The second kappa shape index (κ2) is 9.36. The monoisotopic (exact) mass is 374 g/mol. The standard InChI is InChI=1S/C20H24ClN3O2/c1-13-6-4-7-14(2)20(13)24-19(26)12-23-18(25)11-22-15(3)16-8-5-9-17(21)10-16/h4-10,15,22H,11-12H2,1-3H3,(H,23,25)(H,24,26)/p+1/t15-/m0/s1. The number of carbonyl (C=O) groups is 2. The van der Waals surface area contributed by atoms with Crippen LogP contribution in [-0.2, 0) is 9.59 Å². The van der Waals surface area contributed by atoms with E-state index in [-0.39, 0.29) is 30.9 Å². The summed E-state index contributed by atoms with van der Waals surface area (Å²) >= 11 is 5.99. The maximum atomic E-state index is 12.1. The number of nitrogens with one attached hydrogen (secondary N) is 2. The fourth-order valence-corrected chi connectivity index (χ4v) is 2.85. The predicted octanol–water partition coefficient (Wildman–Crippen LogP) is 2.34. The van der Waals surface area contributed by atoms with Crippen molar-refractivity contribution in [2.24, 2.45) is 0 Å². The lowest BCUT2D eigenvalue weighted by atomic mass is 10.1. The number of quaternary nitrogens is 1. The van der Waals surface area contributed by atoms with Crippen molar-refractivity contribution in [1.29, 1.82) is 0 Å². The third kappa shape index (κ3) is 5.86. The van der Waals surface area contributed by atoms with E-state index in [0.717, 1.165) is 22.4 Å². The van der Waals surface area contributed by atoms with Crippen molar-refractivity contribution < 1.29 is 14.9 Å². The second-order valence-electron chi connectivity index (χ2n) is 6.38. The molecule has 1 atom stereocenters. The van der Waals surface area contributed by atoms with Crippen molar-refractivity contribution in [3.63, 3.8) is 0 Å². The summed E-state index contributed by atoms with van der Waals surface area (Å²) < 4.78 is 0. The van der Waals surface area contributed by atoms with Gasteiger partial charge < -0.3 is 16.0 Å². The van der Waals surface area contributed by atoms with E-state index in [9.17, 15) is 9.59 Å². The number of nitrogens with two attached hydrogens (primary N) is 1. The van der Waals surface area contributed by atoms with Gasteiger partial charge in [0.2, 0.25) is 5.91 Å². The fraction of sp³-hybridized carbons (Fsp3) is 0.300.